The second-order valence-electron chi connectivity index (χ2n) is 8.56. The van der Waals surface area contributed by atoms with E-state index in [0.717, 1.165) is 62.3 Å². The summed E-state index contributed by atoms with van der Waals surface area (Å²) in [6.45, 7) is 8.67. The number of carbonyl (C=O) groups is 1. The Labute approximate surface area is 202 Å². The number of hydrogen-bond acceptors (Lipinski definition) is 5. The van der Waals surface area contributed by atoms with E-state index in [1.165, 1.54) is 16.8 Å². The summed E-state index contributed by atoms with van der Waals surface area (Å²) in [6, 6.07) is 9.14. The Bertz CT molecular complexity index is 1380. The molecule has 0 amide bonds. The molecule has 0 bridgehead atoms. The number of fused-ring (bicyclic) bond motifs is 1. The number of carboxylic acids is 1. The Morgan fingerprint density at radius 2 is 1.85 bits per heavy atom. The third-order valence-electron chi connectivity index (χ3n) is 6.16. The van der Waals surface area contributed by atoms with Crippen LogP contribution in [-0.2, 0) is 24.1 Å². The van der Waals surface area contributed by atoms with E-state index in [2.05, 4.69) is 22.2 Å². The molecular formula is C27H28FN3O2S. The molecule has 4 rings (SSSR count). The van der Waals surface area contributed by atoms with Gasteiger partial charge in [-0.2, -0.15) is 0 Å². The van der Waals surface area contributed by atoms with Gasteiger partial charge >= 0.3 is 5.97 Å². The van der Waals surface area contributed by atoms with Crippen molar-refractivity contribution in [1.82, 2.24) is 9.97 Å². The average molecular weight is 478 g/mol. The van der Waals surface area contributed by atoms with Gasteiger partial charge in [0.2, 0.25) is 0 Å². The van der Waals surface area contributed by atoms with E-state index in [1.807, 2.05) is 39.0 Å². The first-order valence-corrected chi connectivity index (χ1v) is 12.2. The minimum Gasteiger partial charge on any atom is -0.481 e. The summed E-state index contributed by atoms with van der Waals surface area (Å²) in [6.07, 6.45) is 3.07. The fourth-order valence-electron chi connectivity index (χ4n) is 4.49. The molecule has 0 atom stereocenters. The van der Waals surface area contributed by atoms with Gasteiger partial charge in [0.15, 0.2) is 0 Å². The van der Waals surface area contributed by atoms with Crippen LogP contribution in [0.25, 0.3) is 21.3 Å². The lowest BCUT2D eigenvalue weighted by atomic mass is 9.93. The standard InChI is InChI=1S/C27H28FN3O2S/c1-5-18-10-19(8-15(2)22(18)12-26(32)33)24-13-25(31-14-30-24)29-7-6-21-17(4)34-27-16(3)9-20(28)11-23(21)27/h8-11,13-14H,5-7,12H2,1-4H3,(H,32,33)(H,29,30,31). The molecule has 2 aromatic carbocycles. The van der Waals surface area contributed by atoms with Crippen molar-refractivity contribution in [3.05, 3.63) is 75.2 Å². The predicted molar refractivity (Wildman–Crippen MR) is 136 cm³/mol. The molecule has 5 nitrogen and oxygen atoms in total. The lowest BCUT2D eigenvalue weighted by molar-refractivity contribution is -0.136. The van der Waals surface area contributed by atoms with E-state index in [9.17, 15) is 14.3 Å². The smallest absolute Gasteiger partial charge is 0.307 e. The van der Waals surface area contributed by atoms with Gasteiger partial charge < -0.3 is 10.4 Å². The van der Waals surface area contributed by atoms with Crippen LogP contribution in [0.3, 0.4) is 0 Å². The first-order valence-electron chi connectivity index (χ1n) is 11.4. The first-order chi connectivity index (χ1) is 16.3. The van der Waals surface area contributed by atoms with Gasteiger partial charge in [0.25, 0.3) is 0 Å². The number of anilines is 1. The molecule has 2 N–H and O–H groups in total. The summed E-state index contributed by atoms with van der Waals surface area (Å²) in [5, 5.41) is 13.6. The van der Waals surface area contributed by atoms with Crippen LogP contribution >= 0.6 is 11.3 Å². The molecule has 0 unspecified atom stereocenters. The summed E-state index contributed by atoms with van der Waals surface area (Å²) < 4.78 is 15.1. The average Bonchev–Trinajstić information content (AvgIpc) is 3.10. The summed E-state index contributed by atoms with van der Waals surface area (Å²) in [7, 11) is 0. The fraction of sp³-hybridized carbons (Fsp3) is 0.296. The molecule has 0 aliphatic carbocycles. The Balaban J connectivity index is 1.53. The molecule has 0 aliphatic rings. The number of aliphatic carboxylic acids is 1. The van der Waals surface area contributed by atoms with Crippen molar-refractivity contribution in [3.8, 4) is 11.3 Å². The van der Waals surface area contributed by atoms with Gasteiger partial charge in [0, 0.05) is 27.8 Å². The molecule has 0 aliphatic heterocycles. The van der Waals surface area contributed by atoms with E-state index in [-0.39, 0.29) is 12.2 Å². The summed E-state index contributed by atoms with van der Waals surface area (Å²) in [4.78, 5) is 21.3. The molecule has 2 aromatic heterocycles. The van der Waals surface area contributed by atoms with Crippen LogP contribution in [0.4, 0.5) is 10.2 Å². The molecule has 0 radical (unpaired) electrons. The van der Waals surface area contributed by atoms with Crippen molar-refractivity contribution in [3.63, 3.8) is 0 Å². The van der Waals surface area contributed by atoms with Gasteiger partial charge in [-0.15, -0.1) is 11.3 Å². The number of aromatic nitrogens is 2. The Morgan fingerprint density at radius 3 is 2.59 bits per heavy atom. The maximum absolute atomic E-state index is 14.0. The second-order valence-corrected chi connectivity index (χ2v) is 9.78. The third kappa shape index (κ3) is 4.94. The first kappa shape index (κ1) is 23.8. The van der Waals surface area contributed by atoms with Crippen LogP contribution in [0.1, 0.15) is 39.6 Å². The quantitative estimate of drug-likeness (QED) is 0.313. The zero-order chi connectivity index (χ0) is 24.4. The van der Waals surface area contributed by atoms with Crippen molar-refractivity contribution < 1.29 is 14.3 Å². The lowest BCUT2D eigenvalue weighted by Crippen LogP contribution is -2.08. The highest BCUT2D eigenvalue weighted by atomic mass is 32.1. The Kier molecular flexibility index (Phi) is 6.93. The number of carboxylic acid groups (broad SMARTS) is 1. The zero-order valence-corrected chi connectivity index (χ0v) is 20.6. The molecule has 0 saturated heterocycles. The van der Waals surface area contributed by atoms with Gasteiger partial charge in [-0.3, -0.25) is 4.79 Å². The van der Waals surface area contributed by atoms with Crippen molar-refractivity contribution in [1.29, 1.82) is 0 Å². The zero-order valence-electron chi connectivity index (χ0n) is 19.8. The number of halogens is 1. The van der Waals surface area contributed by atoms with E-state index in [0.29, 0.717) is 6.54 Å². The summed E-state index contributed by atoms with van der Waals surface area (Å²) >= 11 is 1.71. The van der Waals surface area contributed by atoms with E-state index in [4.69, 9.17) is 0 Å². The minimum absolute atomic E-state index is 0.0198. The highest BCUT2D eigenvalue weighted by molar-refractivity contribution is 7.19. The third-order valence-corrected chi connectivity index (χ3v) is 7.46. The molecular weight excluding hydrogens is 449 g/mol. The number of thiophene rings is 1. The van der Waals surface area contributed by atoms with Gasteiger partial charge in [0.05, 0.1) is 12.1 Å². The minimum atomic E-state index is -0.828. The van der Waals surface area contributed by atoms with Gasteiger partial charge in [-0.05, 0) is 91.1 Å². The molecule has 34 heavy (non-hydrogen) atoms. The highest BCUT2D eigenvalue weighted by Gasteiger charge is 2.14. The van der Waals surface area contributed by atoms with Crippen LogP contribution in [0.15, 0.2) is 36.7 Å². The molecule has 0 saturated carbocycles. The number of aryl methyl sites for hydroxylation is 4. The number of nitrogens with one attached hydrogen (secondary N) is 1. The normalized spacial score (nSPS) is 11.2. The second kappa shape index (κ2) is 9.89. The molecule has 4 aromatic rings. The maximum atomic E-state index is 14.0. The number of hydrogen-bond donors (Lipinski definition) is 2. The van der Waals surface area contributed by atoms with Crippen LogP contribution in [0.2, 0.25) is 0 Å². The lowest BCUT2D eigenvalue weighted by Gasteiger charge is -2.13. The Morgan fingerprint density at radius 1 is 1.06 bits per heavy atom. The summed E-state index contributed by atoms with van der Waals surface area (Å²) in [5.41, 5.74) is 6.71. The largest absolute Gasteiger partial charge is 0.481 e. The number of rotatable bonds is 8. The van der Waals surface area contributed by atoms with Crippen LogP contribution < -0.4 is 5.32 Å². The SMILES string of the molecule is CCc1cc(-c2cc(NCCc3c(C)sc4c(C)cc(F)cc34)ncn2)cc(C)c1CC(=O)O. The van der Waals surface area contributed by atoms with Crippen LogP contribution in [-0.4, -0.2) is 27.6 Å². The number of benzene rings is 2. The van der Waals surface area contributed by atoms with Crippen molar-refractivity contribution in [2.24, 2.45) is 0 Å². The molecule has 0 fully saturated rings. The molecule has 2 heterocycles. The van der Waals surface area contributed by atoms with Crippen LogP contribution in [0.5, 0.6) is 0 Å². The molecule has 0 spiro atoms. The topological polar surface area (TPSA) is 75.1 Å². The monoisotopic (exact) mass is 477 g/mol. The van der Waals surface area contributed by atoms with E-state index >= 15 is 0 Å². The molecule has 176 valence electrons. The van der Waals surface area contributed by atoms with Gasteiger partial charge in [0.1, 0.15) is 18.0 Å². The summed E-state index contributed by atoms with van der Waals surface area (Å²) in [5.74, 6) is -0.311. The Hall–Kier alpha value is -3.32. The number of nitrogens with zero attached hydrogens (tertiary/aromatic N) is 2. The van der Waals surface area contributed by atoms with Crippen molar-refractivity contribution >= 4 is 33.2 Å². The maximum Gasteiger partial charge on any atom is 0.307 e. The van der Waals surface area contributed by atoms with Crippen molar-refractivity contribution in [2.75, 3.05) is 11.9 Å². The highest BCUT2D eigenvalue weighted by Crippen LogP contribution is 2.34. The predicted octanol–water partition coefficient (Wildman–Crippen LogP) is 6.27. The fourth-order valence-corrected chi connectivity index (χ4v) is 5.64. The van der Waals surface area contributed by atoms with Crippen LogP contribution in [0, 0.1) is 26.6 Å². The van der Waals surface area contributed by atoms with Gasteiger partial charge in [-0.1, -0.05) is 6.92 Å². The van der Waals surface area contributed by atoms with E-state index in [1.54, 1.807) is 23.5 Å². The van der Waals surface area contributed by atoms with Gasteiger partial charge in [-0.25, -0.2) is 14.4 Å². The van der Waals surface area contributed by atoms with Crippen molar-refractivity contribution in [2.45, 2.75) is 47.0 Å². The molecule has 7 heteroatoms. The van der Waals surface area contributed by atoms with E-state index < -0.39 is 5.97 Å².